The molecule has 1 atom stereocenters. The van der Waals surface area contributed by atoms with E-state index in [-0.39, 0.29) is 0 Å². The monoisotopic (exact) mass is 376 g/mol. The molecule has 0 amide bonds. The van der Waals surface area contributed by atoms with Crippen molar-refractivity contribution >= 4 is 16.9 Å². The maximum Gasteiger partial charge on any atom is 0.335 e. The highest BCUT2D eigenvalue weighted by Crippen LogP contribution is 2.33. The number of rotatable bonds is 6. The molecule has 1 unspecified atom stereocenters. The van der Waals surface area contributed by atoms with Crippen LogP contribution in [0.3, 0.4) is 0 Å². The lowest BCUT2D eigenvalue weighted by molar-refractivity contribution is 0.0697. The highest BCUT2D eigenvalue weighted by atomic mass is 16.4. The summed E-state index contributed by atoms with van der Waals surface area (Å²) in [5.41, 5.74) is 5.46. The molecular weight excluding hydrogens is 348 g/mol. The van der Waals surface area contributed by atoms with Crippen LogP contribution in [0.15, 0.2) is 48.5 Å². The van der Waals surface area contributed by atoms with Gasteiger partial charge in [0.25, 0.3) is 0 Å². The number of aromatic carboxylic acids is 1. The van der Waals surface area contributed by atoms with E-state index in [0.717, 1.165) is 43.3 Å². The van der Waals surface area contributed by atoms with Gasteiger partial charge in [-0.25, -0.2) is 4.79 Å². The molecule has 0 aliphatic heterocycles. The molecule has 2 N–H and O–H groups in total. The van der Waals surface area contributed by atoms with E-state index in [4.69, 9.17) is 0 Å². The van der Waals surface area contributed by atoms with Gasteiger partial charge < -0.3 is 15.0 Å². The second-order valence-electron chi connectivity index (χ2n) is 8.28. The SMILES string of the molecule is CC(C)CNC1CCc2c(c3cc(C(=O)O)ccc3n2Cc2ccccc2)C1. The quantitative estimate of drug-likeness (QED) is 0.666. The Morgan fingerprint density at radius 1 is 1.21 bits per heavy atom. The third kappa shape index (κ3) is 3.69. The molecule has 0 bridgehead atoms. The smallest absolute Gasteiger partial charge is 0.335 e. The van der Waals surface area contributed by atoms with Crippen LogP contribution in [0.5, 0.6) is 0 Å². The lowest BCUT2D eigenvalue weighted by Crippen LogP contribution is -2.36. The molecule has 0 saturated heterocycles. The zero-order valence-electron chi connectivity index (χ0n) is 16.6. The Balaban J connectivity index is 1.76. The first-order chi connectivity index (χ1) is 13.5. The van der Waals surface area contributed by atoms with E-state index in [0.29, 0.717) is 17.5 Å². The van der Waals surface area contributed by atoms with E-state index in [1.54, 1.807) is 6.07 Å². The third-order valence-electron chi connectivity index (χ3n) is 5.71. The first kappa shape index (κ1) is 18.8. The third-order valence-corrected chi connectivity index (χ3v) is 5.71. The van der Waals surface area contributed by atoms with Crippen LogP contribution in [0, 0.1) is 5.92 Å². The second-order valence-corrected chi connectivity index (χ2v) is 8.28. The van der Waals surface area contributed by atoms with Gasteiger partial charge in [0.1, 0.15) is 0 Å². The van der Waals surface area contributed by atoms with Gasteiger partial charge in [-0.2, -0.15) is 0 Å². The van der Waals surface area contributed by atoms with Gasteiger partial charge in [0.05, 0.1) is 5.56 Å². The summed E-state index contributed by atoms with van der Waals surface area (Å²) in [6.07, 6.45) is 3.11. The van der Waals surface area contributed by atoms with E-state index in [1.165, 1.54) is 16.8 Å². The van der Waals surface area contributed by atoms with Crippen molar-refractivity contribution in [2.75, 3.05) is 6.54 Å². The summed E-state index contributed by atoms with van der Waals surface area (Å²) in [6.45, 7) is 6.30. The zero-order valence-corrected chi connectivity index (χ0v) is 16.6. The maximum absolute atomic E-state index is 11.5. The van der Waals surface area contributed by atoms with E-state index in [2.05, 4.69) is 48.0 Å². The molecule has 4 rings (SSSR count). The highest BCUT2D eigenvalue weighted by Gasteiger charge is 2.26. The van der Waals surface area contributed by atoms with Gasteiger partial charge in [-0.15, -0.1) is 0 Å². The minimum absolute atomic E-state index is 0.365. The van der Waals surface area contributed by atoms with Crippen LogP contribution in [0.4, 0.5) is 0 Å². The lowest BCUT2D eigenvalue weighted by atomic mass is 9.90. The summed E-state index contributed by atoms with van der Waals surface area (Å²) in [5, 5.41) is 14.3. The average Bonchev–Trinajstić information content (AvgIpc) is 3.00. The van der Waals surface area contributed by atoms with E-state index < -0.39 is 5.97 Å². The van der Waals surface area contributed by atoms with Gasteiger partial charge in [0, 0.05) is 29.2 Å². The van der Waals surface area contributed by atoms with Crippen LogP contribution in [-0.2, 0) is 19.4 Å². The van der Waals surface area contributed by atoms with Crippen molar-refractivity contribution < 1.29 is 9.90 Å². The molecule has 0 fully saturated rings. The molecule has 146 valence electrons. The molecule has 0 saturated carbocycles. The van der Waals surface area contributed by atoms with Crippen molar-refractivity contribution in [3.8, 4) is 0 Å². The number of carbonyl (C=O) groups is 1. The van der Waals surface area contributed by atoms with Crippen molar-refractivity contribution in [1.29, 1.82) is 0 Å². The van der Waals surface area contributed by atoms with E-state index in [1.807, 2.05) is 18.2 Å². The molecule has 1 aliphatic carbocycles. The first-order valence-electron chi connectivity index (χ1n) is 10.2. The molecule has 3 aromatic rings. The van der Waals surface area contributed by atoms with E-state index >= 15 is 0 Å². The second kappa shape index (κ2) is 7.80. The van der Waals surface area contributed by atoms with Crippen molar-refractivity contribution in [3.63, 3.8) is 0 Å². The van der Waals surface area contributed by atoms with Gasteiger partial charge in [0.2, 0.25) is 0 Å². The Bertz CT molecular complexity index is 989. The molecule has 4 nitrogen and oxygen atoms in total. The molecule has 0 radical (unpaired) electrons. The summed E-state index contributed by atoms with van der Waals surface area (Å²) in [7, 11) is 0. The standard InChI is InChI=1S/C24H28N2O2/c1-16(2)14-25-19-9-11-23-21(13-19)20-12-18(24(27)28)8-10-22(20)26(23)15-17-6-4-3-5-7-17/h3-8,10,12,16,19,25H,9,11,13-15H2,1-2H3,(H,27,28). The number of benzene rings is 2. The summed E-state index contributed by atoms with van der Waals surface area (Å²) in [6, 6.07) is 16.5. The lowest BCUT2D eigenvalue weighted by Gasteiger charge is -2.26. The fraction of sp³-hybridized carbons (Fsp3) is 0.375. The Morgan fingerprint density at radius 3 is 2.71 bits per heavy atom. The number of carboxylic acids is 1. The van der Waals surface area contributed by atoms with Crippen LogP contribution < -0.4 is 5.32 Å². The molecular formula is C24H28N2O2. The minimum atomic E-state index is -0.864. The minimum Gasteiger partial charge on any atom is -0.478 e. The summed E-state index contributed by atoms with van der Waals surface area (Å²) in [4.78, 5) is 11.5. The van der Waals surface area contributed by atoms with Crippen LogP contribution >= 0.6 is 0 Å². The van der Waals surface area contributed by atoms with Crippen molar-refractivity contribution in [2.45, 2.75) is 45.7 Å². The number of fused-ring (bicyclic) bond motifs is 3. The van der Waals surface area contributed by atoms with Crippen LogP contribution in [0.2, 0.25) is 0 Å². The Labute approximate surface area is 166 Å². The fourth-order valence-electron chi connectivity index (χ4n) is 4.31. The number of aromatic nitrogens is 1. The largest absolute Gasteiger partial charge is 0.478 e. The molecule has 2 aromatic carbocycles. The van der Waals surface area contributed by atoms with Gasteiger partial charge in [-0.05, 0) is 61.1 Å². The van der Waals surface area contributed by atoms with Crippen molar-refractivity contribution in [3.05, 3.63) is 70.9 Å². The zero-order chi connectivity index (χ0) is 19.7. The molecule has 1 aliphatic rings. The Morgan fingerprint density at radius 2 is 2.00 bits per heavy atom. The highest BCUT2D eigenvalue weighted by molar-refractivity contribution is 5.95. The topological polar surface area (TPSA) is 54.3 Å². The average molecular weight is 377 g/mol. The van der Waals surface area contributed by atoms with Gasteiger partial charge >= 0.3 is 5.97 Å². The molecule has 0 spiro atoms. The number of hydrogen-bond acceptors (Lipinski definition) is 2. The summed E-state index contributed by atoms with van der Waals surface area (Å²) in [5.74, 6) is -0.240. The predicted molar refractivity (Wildman–Crippen MR) is 113 cm³/mol. The maximum atomic E-state index is 11.5. The molecule has 28 heavy (non-hydrogen) atoms. The van der Waals surface area contributed by atoms with Gasteiger partial charge in [-0.1, -0.05) is 44.2 Å². The van der Waals surface area contributed by atoms with E-state index in [9.17, 15) is 9.90 Å². The Hall–Kier alpha value is -2.59. The molecule has 1 aromatic heterocycles. The van der Waals surface area contributed by atoms with Gasteiger partial charge in [-0.3, -0.25) is 0 Å². The number of nitrogens with zero attached hydrogens (tertiary/aromatic N) is 1. The predicted octanol–water partition coefficient (Wildman–Crippen LogP) is 4.49. The van der Waals surface area contributed by atoms with Gasteiger partial charge in [0.15, 0.2) is 0 Å². The van der Waals surface area contributed by atoms with Crippen molar-refractivity contribution in [2.24, 2.45) is 5.92 Å². The van der Waals surface area contributed by atoms with Crippen LogP contribution in [0.1, 0.15) is 47.4 Å². The molecule has 4 heteroatoms. The number of nitrogens with one attached hydrogen (secondary N) is 1. The summed E-state index contributed by atoms with van der Waals surface area (Å²) < 4.78 is 2.39. The normalized spacial score (nSPS) is 16.5. The van der Waals surface area contributed by atoms with Crippen LogP contribution in [-0.4, -0.2) is 28.2 Å². The molecule has 1 heterocycles. The summed E-state index contributed by atoms with van der Waals surface area (Å²) >= 11 is 0. The Kier molecular flexibility index (Phi) is 5.23. The van der Waals surface area contributed by atoms with Crippen LogP contribution in [0.25, 0.3) is 10.9 Å². The van der Waals surface area contributed by atoms with Crippen molar-refractivity contribution in [1.82, 2.24) is 9.88 Å². The first-order valence-corrected chi connectivity index (χ1v) is 10.2. The number of hydrogen-bond donors (Lipinski definition) is 2. The number of carboxylic acid groups (broad SMARTS) is 1. The fourth-order valence-corrected chi connectivity index (χ4v) is 4.31.